The van der Waals surface area contributed by atoms with Gasteiger partial charge in [-0.1, -0.05) is 45.4 Å². The summed E-state index contributed by atoms with van der Waals surface area (Å²) >= 11 is 13.6. The molecule has 0 spiro atoms. The molecule has 17 heteroatoms. The molecule has 6 atom stereocenters. The van der Waals surface area contributed by atoms with Gasteiger partial charge < -0.3 is 19.3 Å². The standard InChI is InChI=1S/C23H18Cl2F3N7O4S/c1-23(36)21-19(39-23)18(35-7-15(29-34-35)9-4-13(26)17(28)14(27)5-9)20(37-8-16-30-32-33-31-16)22(38-21)40-10-2-3-11(24)12(25)6-10/h2-7,18-22,36H,8H2,1H3,(H,30,31,32,33)/t18?,19-,20?,21?,22-,23?/m1/s1. The van der Waals surface area contributed by atoms with Crippen molar-refractivity contribution >= 4 is 35.0 Å². The molecule has 40 heavy (non-hydrogen) atoms. The average molecular weight is 616 g/mol. The minimum Gasteiger partial charge on any atom is -0.364 e. The van der Waals surface area contributed by atoms with Crippen LogP contribution in [0, 0.1) is 17.5 Å². The predicted octanol–water partition coefficient (Wildman–Crippen LogP) is 3.93. The summed E-state index contributed by atoms with van der Waals surface area (Å²) in [6, 6.07) is 5.92. The Morgan fingerprint density at radius 2 is 1.93 bits per heavy atom. The van der Waals surface area contributed by atoms with Crippen LogP contribution in [0.25, 0.3) is 11.3 Å². The van der Waals surface area contributed by atoms with E-state index in [-0.39, 0.29) is 23.7 Å². The molecule has 2 aliphatic heterocycles. The number of hydrogen-bond donors (Lipinski definition) is 2. The molecule has 0 radical (unpaired) electrons. The zero-order valence-corrected chi connectivity index (χ0v) is 22.5. The van der Waals surface area contributed by atoms with E-state index in [1.165, 1.54) is 29.6 Å². The highest BCUT2D eigenvalue weighted by Crippen LogP contribution is 2.50. The first-order chi connectivity index (χ1) is 19.1. The van der Waals surface area contributed by atoms with Gasteiger partial charge in [-0.25, -0.2) is 17.9 Å². The van der Waals surface area contributed by atoms with E-state index in [1.807, 2.05) is 0 Å². The van der Waals surface area contributed by atoms with Gasteiger partial charge in [0.2, 0.25) is 0 Å². The molecule has 4 heterocycles. The molecule has 11 nitrogen and oxygen atoms in total. The third-order valence-corrected chi connectivity index (χ3v) is 8.33. The number of rotatable bonds is 7. The van der Waals surface area contributed by atoms with Crippen molar-refractivity contribution < 1.29 is 32.5 Å². The number of nitrogens with zero attached hydrogens (tertiary/aromatic N) is 6. The maximum Gasteiger partial charge on any atom is 0.200 e. The van der Waals surface area contributed by atoms with Gasteiger partial charge in [-0.05, 0) is 37.3 Å². The Balaban J connectivity index is 1.37. The molecule has 0 aliphatic carbocycles. The Labute approximate surface area is 237 Å². The summed E-state index contributed by atoms with van der Waals surface area (Å²) in [7, 11) is 0. The fourth-order valence-corrected chi connectivity index (χ4v) is 6.10. The van der Waals surface area contributed by atoms with Crippen molar-refractivity contribution in [2.45, 2.75) is 54.0 Å². The summed E-state index contributed by atoms with van der Waals surface area (Å²) in [5.41, 5.74) is -0.726. The molecule has 2 fully saturated rings. The molecule has 4 aromatic rings. The van der Waals surface area contributed by atoms with Crippen molar-refractivity contribution in [1.82, 2.24) is 35.6 Å². The van der Waals surface area contributed by atoms with Crippen molar-refractivity contribution in [2.24, 2.45) is 0 Å². The smallest absolute Gasteiger partial charge is 0.200 e. The van der Waals surface area contributed by atoms with E-state index in [0.717, 1.165) is 12.1 Å². The number of aromatic amines is 1. The Bertz CT molecular complexity index is 1520. The molecule has 0 amide bonds. The van der Waals surface area contributed by atoms with Crippen LogP contribution in [0.5, 0.6) is 0 Å². The zero-order valence-electron chi connectivity index (χ0n) is 20.2. The zero-order chi connectivity index (χ0) is 28.2. The van der Waals surface area contributed by atoms with E-state index in [1.54, 1.807) is 18.2 Å². The van der Waals surface area contributed by atoms with Crippen molar-refractivity contribution in [3.05, 3.63) is 69.9 Å². The molecule has 0 bridgehead atoms. The third kappa shape index (κ3) is 5.06. The quantitative estimate of drug-likeness (QED) is 0.295. The summed E-state index contributed by atoms with van der Waals surface area (Å²) in [4.78, 5) is 0.696. The summed E-state index contributed by atoms with van der Waals surface area (Å²) in [6.07, 6.45) is -0.976. The minimum atomic E-state index is -1.62. The van der Waals surface area contributed by atoms with Crippen LogP contribution in [0.15, 0.2) is 41.4 Å². The van der Waals surface area contributed by atoms with E-state index in [9.17, 15) is 18.3 Å². The number of hydrogen-bond acceptors (Lipinski definition) is 10. The number of aromatic nitrogens is 7. The molecule has 6 rings (SSSR count). The molecule has 210 valence electrons. The monoisotopic (exact) mass is 615 g/mol. The van der Waals surface area contributed by atoms with Gasteiger partial charge in [0, 0.05) is 10.5 Å². The average Bonchev–Trinajstić information content (AvgIpc) is 3.61. The van der Waals surface area contributed by atoms with Gasteiger partial charge in [0.1, 0.15) is 42.1 Å². The van der Waals surface area contributed by atoms with E-state index < -0.39 is 53.0 Å². The highest BCUT2D eigenvalue weighted by atomic mass is 35.5. The normalized spacial score (nSPS) is 27.8. The highest BCUT2D eigenvalue weighted by molar-refractivity contribution is 7.99. The van der Waals surface area contributed by atoms with Crippen LogP contribution in [-0.4, -0.2) is 70.3 Å². The summed E-state index contributed by atoms with van der Waals surface area (Å²) in [6.45, 7) is 1.38. The molecule has 2 aromatic carbocycles. The first-order valence-electron chi connectivity index (χ1n) is 11.7. The Morgan fingerprint density at radius 3 is 2.60 bits per heavy atom. The maximum absolute atomic E-state index is 13.9. The molecular weight excluding hydrogens is 598 g/mol. The molecule has 4 unspecified atom stereocenters. The fraction of sp³-hybridized carbons (Fsp3) is 0.348. The van der Waals surface area contributed by atoms with Crippen LogP contribution in [0.1, 0.15) is 18.8 Å². The largest absolute Gasteiger partial charge is 0.364 e. The van der Waals surface area contributed by atoms with Gasteiger partial charge in [-0.15, -0.1) is 15.3 Å². The van der Waals surface area contributed by atoms with Crippen molar-refractivity contribution in [3.63, 3.8) is 0 Å². The lowest BCUT2D eigenvalue weighted by Crippen LogP contribution is -2.72. The van der Waals surface area contributed by atoms with E-state index >= 15 is 0 Å². The first-order valence-corrected chi connectivity index (χ1v) is 13.3. The molecule has 2 saturated heterocycles. The SMILES string of the molecule is CC1(O)O[C@@H]2C(n3cc(-c4cc(F)c(F)c(F)c4)nn3)C(OCc3nn[nH]n3)[C@@H](Sc3ccc(Cl)c(Cl)c3)OC21. The second-order valence-electron chi connectivity index (χ2n) is 9.19. The lowest BCUT2D eigenvalue weighted by atomic mass is 9.87. The van der Waals surface area contributed by atoms with Gasteiger partial charge in [0.15, 0.2) is 29.1 Å². The van der Waals surface area contributed by atoms with E-state index in [0.29, 0.717) is 14.9 Å². The van der Waals surface area contributed by atoms with Crippen LogP contribution < -0.4 is 0 Å². The van der Waals surface area contributed by atoms with Crippen LogP contribution in [0.4, 0.5) is 13.2 Å². The Kier molecular flexibility index (Phi) is 7.23. The van der Waals surface area contributed by atoms with Gasteiger partial charge in [0.05, 0.1) is 16.2 Å². The lowest BCUT2D eigenvalue weighted by molar-refractivity contribution is -0.418. The fourth-order valence-electron chi connectivity index (χ4n) is 4.59. The number of thioether (sulfide) groups is 1. The van der Waals surface area contributed by atoms with Crippen molar-refractivity contribution in [3.8, 4) is 11.3 Å². The van der Waals surface area contributed by atoms with Gasteiger partial charge in [-0.3, -0.25) is 0 Å². The number of fused-ring (bicyclic) bond motifs is 1. The topological polar surface area (TPSA) is 133 Å². The number of nitrogens with one attached hydrogen (secondary N) is 1. The van der Waals surface area contributed by atoms with Crippen LogP contribution in [-0.2, 0) is 20.8 Å². The Morgan fingerprint density at radius 1 is 1.15 bits per heavy atom. The number of tetrazole rings is 1. The molecule has 2 N–H and O–H groups in total. The minimum absolute atomic E-state index is 0.0289. The molecule has 2 aromatic heterocycles. The first kappa shape index (κ1) is 27.4. The second-order valence-corrected chi connectivity index (χ2v) is 11.2. The molecular formula is C23H18Cl2F3N7O4S. The van der Waals surface area contributed by atoms with Crippen LogP contribution in [0.2, 0.25) is 10.0 Å². The number of benzene rings is 2. The number of halogens is 5. The second kappa shape index (κ2) is 10.6. The Hall–Kier alpha value is -2.79. The molecule has 0 saturated carbocycles. The van der Waals surface area contributed by atoms with Gasteiger partial charge in [0.25, 0.3) is 0 Å². The van der Waals surface area contributed by atoms with Crippen molar-refractivity contribution in [1.29, 1.82) is 0 Å². The summed E-state index contributed by atoms with van der Waals surface area (Å²) in [5.74, 6) is -5.69. The van der Waals surface area contributed by atoms with Gasteiger partial charge in [-0.2, -0.15) is 5.21 Å². The predicted molar refractivity (Wildman–Crippen MR) is 134 cm³/mol. The van der Waals surface area contributed by atoms with E-state index in [2.05, 4.69) is 30.9 Å². The number of ether oxygens (including phenoxy) is 3. The maximum atomic E-state index is 13.9. The van der Waals surface area contributed by atoms with E-state index in [4.69, 9.17) is 37.4 Å². The number of aliphatic hydroxyl groups is 1. The highest BCUT2D eigenvalue weighted by Gasteiger charge is 2.63. The van der Waals surface area contributed by atoms with Gasteiger partial charge >= 0.3 is 0 Å². The third-order valence-electron chi connectivity index (χ3n) is 6.46. The summed E-state index contributed by atoms with van der Waals surface area (Å²) < 4.78 is 61.0. The number of H-pyrrole nitrogens is 1. The molecule has 2 aliphatic rings. The lowest BCUT2D eigenvalue weighted by Gasteiger charge is -2.57. The summed E-state index contributed by atoms with van der Waals surface area (Å²) in [5, 5.41) is 33.3. The van der Waals surface area contributed by atoms with Crippen LogP contribution >= 0.6 is 35.0 Å². The van der Waals surface area contributed by atoms with Crippen molar-refractivity contribution in [2.75, 3.05) is 0 Å². The van der Waals surface area contributed by atoms with Crippen LogP contribution in [0.3, 0.4) is 0 Å².